The van der Waals surface area contributed by atoms with Crippen LogP contribution in [0, 0.1) is 0 Å². The second-order valence-corrected chi connectivity index (χ2v) is 7.26. The van der Waals surface area contributed by atoms with Crippen LogP contribution in [-0.2, 0) is 12.7 Å². The Labute approximate surface area is 171 Å². The topological polar surface area (TPSA) is 64.8 Å². The third-order valence-corrected chi connectivity index (χ3v) is 5.45. The molecule has 7 nitrogen and oxygen atoms in total. The van der Waals surface area contributed by atoms with Gasteiger partial charge in [0.25, 0.3) is 5.78 Å². The maximum absolute atomic E-state index is 13.4. The number of nitrogens with zero attached hydrogens (tertiary/aromatic N) is 5. The fraction of sp³-hybridized carbons (Fsp3) is 0.450. The third kappa shape index (κ3) is 4.04. The molecule has 4 rings (SSSR count). The molecule has 0 saturated carbocycles. The smallest absolute Gasteiger partial charge is 0.433 e. The van der Waals surface area contributed by atoms with Crippen LogP contribution in [0.25, 0.3) is 5.78 Å². The Morgan fingerprint density at radius 2 is 1.87 bits per heavy atom. The molecule has 0 bridgehead atoms. The number of halogens is 3. The lowest BCUT2D eigenvalue weighted by Gasteiger charge is -2.32. The number of aromatic nitrogens is 4. The van der Waals surface area contributed by atoms with Gasteiger partial charge in [-0.05, 0) is 50.2 Å². The van der Waals surface area contributed by atoms with Crippen molar-refractivity contribution < 1.29 is 22.6 Å². The second kappa shape index (κ2) is 8.10. The van der Waals surface area contributed by atoms with Crippen LogP contribution in [0.15, 0.2) is 30.6 Å². The van der Waals surface area contributed by atoms with E-state index in [1.54, 1.807) is 14.2 Å². The molecule has 1 aliphatic rings. The number of alkyl halides is 3. The van der Waals surface area contributed by atoms with Gasteiger partial charge in [0.1, 0.15) is 17.8 Å². The number of ether oxygens (including phenoxy) is 2. The SMILES string of the molecule is COc1ccc(OC)c(CN2CCC(c3cc(C(F)(F)F)n4ncnc4n3)CC2)c1. The van der Waals surface area contributed by atoms with Gasteiger partial charge < -0.3 is 9.47 Å². The first-order valence-electron chi connectivity index (χ1n) is 9.60. The quantitative estimate of drug-likeness (QED) is 0.628. The Hall–Kier alpha value is -2.88. The molecule has 0 amide bonds. The summed E-state index contributed by atoms with van der Waals surface area (Å²) in [7, 11) is 3.24. The molecule has 10 heteroatoms. The Morgan fingerprint density at radius 3 is 2.53 bits per heavy atom. The van der Waals surface area contributed by atoms with E-state index < -0.39 is 11.9 Å². The van der Waals surface area contributed by atoms with Crippen LogP contribution in [0.5, 0.6) is 11.5 Å². The number of hydrogen-bond acceptors (Lipinski definition) is 6. The summed E-state index contributed by atoms with van der Waals surface area (Å²) >= 11 is 0. The van der Waals surface area contributed by atoms with E-state index in [-0.39, 0.29) is 11.7 Å². The lowest BCUT2D eigenvalue weighted by atomic mass is 9.92. The normalized spacial score (nSPS) is 16.2. The first-order valence-corrected chi connectivity index (χ1v) is 9.60. The first-order chi connectivity index (χ1) is 14.4. The van der Waals surface area contributed by atoms with Gasteiger partial charge in [-0.3, -0.25) is 4.90 Å². The van der Waals surface area contributed by atoms with Crippen LogP contribution in [0.2, 0.25) is 0 Å². The zero-order valence-corrected chi connectivity index (χ0v) is 16.7. The molecular weight excluding hydrogens is 399 g/mol. The summed E-state index contributed by atoms with van der Waals surface area (Å²) in [6, 6.07) is 6.77. The van der Waals surface area contributed by atoms with Crippen LogP contribution in [-0.4, -0.2) is 51.8 Å². The minimum atomic E-state index is -4.52. The molecule has 1 saturated heterocycles. The molecule has 3 heterocycles. The number of methoxy groups -OCH3 is 2. The van der Waals surface area contributed by atoms with Crippen molar-refractivity contribution in [3.8, 4) is 11.5 Å². The second-order valence-electron chi connectivity index (χ2n) is 7.26. The monoisotopic (exact) mass is 421 g/mol. The highest BCUT2D eigenvalue weighted by Crippen LogP contribution is 2.34. The van der Waals surface area contributed by atoms with Gasteiger partial charge in [-0.25, -0.2) is 4.98 Å². The summed E-state index contributed by atoms with van der Waals surface area (Å²) in [6.07, 6.45) is -2.01. The summed E-state index contributed by atoms with van der Waals surface area (Å²) in [6.45, 7) is 2.16. The Bertz CT molecular complexity index is 1030. The van der Waals surface area contributed by atoms with E-state index in [0.717, 1.165) is 47.1 Å². The van der Waals surface area contributed by atoms with Gasteiger partial charge >= 0.3 is 6.18 Å². The average molecular weight is 421 g/mol. The van der Waals surface area contributed by atoms with E-state index in [4.69, 9.17) is 9.47 Å². The summed E-state index contributed by atoms with van der Waals surface area (Å²) in [4.78, 5) is 10.4. The van der Waals surface area contributed by atoms with E-state index in [1.807, 2.05) is 18.2 Å². The fourth-order valence-electron chi connectivity index (χ4n) is 3.87. The van der Waals surface area contributed by atoms with Gasteiger partial charge in [0, 0.05) is 23.7 Å². The maximum atomic E-state index is 13.4. The summed E-state index contributed by atoms with van der Waals surface area (Å²) in [5.41, 5.74) is 0.586. The zero-order chi connectivity index (χ0) is 21.3. The van der Waals surface area contributed by atoms with Crippen LogP contribution < -0.4 is 9.47 Å². The van der Waals surface area contributed by atoms with E-state index >= 15 is 0 Å². The Balaban J connectivity index is 1.49. The lowest BCUT2D eigenvalue weighted by molar-refractivity contribution is -0.142. The van der Waals surface area contributed by atoms with Gasteiger partial charge in [-0.2, -0.15) is 27.8 Å². The van der Waals surface area contributed by atoms with Crippen LogP contribution in [0.1, 0.15) is 35.7 Å². The standard InChI is InChI=1S/C20H22F3N5O2/c1-29-15-3-4-17(30-2)14(9-15)11-27-7-5-13(6-8-27)16-10-18(20(21,22)23)28-19(26-16)24-12-25-28/h3-4,9-10,12-13H,5-8,11H2,1-2H3. The summed E-state index contributed by atoms with van der Waals surface area (Å²) in [5.74, 6) is 1.46. The van der Waals surface area contributed by atoms with Gasteiger partial charge in [0.2, 0.25) is 0 Å². The van der Waals surface area contributed by atoms with E-state index in [0.29, 0.717) is 25.1 Å². The molecule has 0 aliphatic carbocycles. The highest BCUT2D eigenvalue weighted by atomic mass is 19.4. The molecule has 0 spiro atoms. The predicted molar refractivity (Wildman–Crippen MR) is 103 cm³/mol. The number of hydrogen-bond donors (Lipinski definition) is 0. The molecule has 1 aliphatic heterocycles. The van der Waals surface area contributed by atoms with E-state index in [9.17, 15) is 13.2 Å². The van der Waals surface area contributed by atoms with Crippen molar-refractivity contribution in [2.45, 2.75) is 31.5 Å². The van der Waals surface area contributed by atoms with Crippen molar-refractivity contribution in [3.05, 3.63) is 47.5 Å². The highest BCUT2D eigenvalue weighted by molar-refractivity contribution is 5.40. The minimum absolute atomic E-state index is 0.0247. The molecular formula is C20H22F3N5O2. The summed E-state index contributed by atoms with van der Waals surface area (Å²) in [5, 5.41) is 3.65. The third-order valence-electron chi connectivity index (χ3n) is 5.45. The molecule has 0 N–H and O–H groups in total. The zero-order valence-electron chi connectivity index (χ0n) is 16.7. The Kier molecular flexibility index (Phi) is 5.50. The van der Waals surface area contributed by atoms with Crippen molar-refractivity contribution in [1.29, 1.82) is 0 Å². The molecule has 0 radical (unpaired) electrons. The van der Waals surface area contributed by atoms with Crippen LogP contribution in [0.4, 0.5) is 13.2 Å². The predicted octanol–water partition coefficient (Wildman–Crippen LogP) is 3.54. The number of likely N-dealkylation sites (tertiary alicyclic amines) is 1. The molecule has 160 valence electrons. The molecule has 3 aromatic rings. The Morgan fingerprint density at radius 1 is 1.10 bits per heavy atom. The molecule has 30 heavy (non-hydrogen) atoms. The molecule has 1 fully saturated rings. The van der Waals surface area contributed by atoms with Gasteiger partial charge in [0.15, 0.2) is 5.69 Å². The largest absolute Gasteiger partial charge is 0.497 e. The number of fused-ring (bicyclic) bond motifs is 1. The van der Waals surface area contributed by atoms with Gasteiger partial charge in [-0.15, -0.1) is 0 Å². The van der Waals surface area contributed by atoms with Crippen LogP contribution >= 0.6 is 0 Å². The maximum Gasteiger partial charge on any atom is 0.433 e. The van der Waals surface area contributed by atoms with E-state index in [2.05, 4.69) is 20.0 Å². The number of benzene rings is 1. The van der Waals surface area contributed by atoms with E-state index in [1.165, 1.54) is 0 Å². The van der Waals surface area contributed by atoms with Crippen LogP contribution in [0.3, 0.4) is 0 Å². The average Bonchev–Trinajstić information content (AvgIpc) is 3.21. The highest BCUT2D eigenvalue weighted by Gasteiger charge is 2.36. The minimum Gasteiger partial charge on any atom is -0.497 e. The molecule has 1 aromatic carbocycles. The molecule has 2 aromatic heterocycles. The molecule has 0 unspecified atom stereocenters. The number of rotatable bonds is 5. The summed E-state index contributed by atoms with van der Waals surface area (Å²) < 4.78 is 51.8. The van der Waals surface area contributed by atoms with Crippen molar-refractivity contribution in [2.24, 2.45) is 0 Å². The van der Waals surface area contributed by atoms with Crippen molar-refractivity contribution in [2.75, 3.05) is 27.3 Å². The first kappa shape index (κ1) is 20.4. The fourth-order valence-corrected chi connectivity index (χ4v) is 3.87. The lowest BCUT2D eigenvalue weighted by Crippen LogP contribution is -2.33. The van der Waals surface area contributed by atoms with Crippen molar-refractivity contribution in [3.63, 3.8) is 0 Å². The van der Waals surface area contributed by atoms with Crippen molar-refractivity contribution >= 4 is 5.78 Å². The molecule has 0 atom stereocenters. The van der Waals surface area contributed by atoms with Gasteiger partial charge in [-0.1, -0.05) is 0 Å². The van der Waals surface area contributed by atoms with Gasteiger partial charge in [0.05, 0.1) is 14.2 Å². The van der Waals surface area contributed by atoms with Crippen molar-refractivity contribution in [1.82, 2.24) is 24.5 Å². The number of piperidine rings is 1.